The Morgan fingerprint density at radius 2 is 1.78 bits per heavy atom. The van der Waals surface area contributed by atoms with Gasteiger partial charge in [-0.3, -0.25) is 10.1 Å². The van der Waals surface area contributed by atoms with Gasteiger partial charge in [-0.05, 0) is 54.5 Å². The molecule has 3 N–H and O–H groups in total. The van der Waals surface area contributed by atoms with Crippen LogP contribution in [-0.2, 0) is 4.79 Å². The summed E-state index contributed by atoms with van der Waals surface area (Å²) in [5.74, 6) is -0.776. The van der Waals surface area contributed by atoms with Crippen molar-refractivity contribution in [2.75, 3.05) is 0 Å². The number of hydrogen-bond acceptors (Lipinski definition) is 5. The van der Waals surface area contributed by atoms with Gasteiger partial charge in [0.25, 0.3) is 6.43 Å². The van der Waals surface area contributed by atoms with Gasteiger partial charge in [0.15, 0.2) is 0 Å². The topological polar surface area (TPSA) is 98.3 Å². The number of carbonyl (C=O) groups is 1. The lowest BCUT2D eigenvalue weighted by Crippen LogP contribution is -2.52. The molecule has 2 aromatic carbocycles. The van der Waals surface area contributed by atoms with Gasteiger partial charge < -0.3 is 14.8 Å². The first-order valence-electron chi connectivity index (χ1n) is 11.8. The number of fused-ring (bicyclic) bond motifs is 3. The minimum Gasteiger partial charge on any atom is -0.456 e. The summed E-state index contributed by atoms with van der Waals surface area (Å²) in [6.45, 7) is 3.56. The second-order valence-electron chi connectivity index (χ2n) is 9.90. The molecule has 1 fully saturated rings. The van der Waals surface area contributed by atoms with Crippen molar-refractivity contribution in [1.82, 2.24) is 10.6 Å². The van der Waals surface area contributed by atoms with Crippen LogP contribution in [0.25, 0.3) is 21.9 Å². The van der Waals surface area contributed by atoms with E-state index in [-0.39, 0.29) is 34.6 Å². The quantitative estimate of drug-likeness (QED) is 0.314. The Morgan fingerprint density at radius 1 is 1.11 bits per heavy atom. The number of alkyl halides is 5. The highest BCUT2D eigenvalue weighted by molar-refractivity contribution is 6.05. The third-order valence-corrected chi connectivity index (χ3v) is 6.48. The van der Waals surface area contributed by atoms with Crippen LogP contribution in [0.5, 0.6) is 0 Å². The second kappa shape index (κ2) is 9.91. The molecule has 1 aromatic heterocycles. The molecule has 0 spiro atoms. The van der Waals surface area contributed by atoms with E-state index in [1.807, 2.05) is 6.07 Å². The van der Waals surface area contributed by atoms with Crippen molar-refractivity contribution in [3.63, 3.8) is 0 Å². The molecule has 37 heavy (non-hydrogen) atoms. The Balaban J connectivity index is 1.68. The number of aliphatic hydroxyl groups is 1. The monoisotopic (exact) mass is 523 g/mol. The molecule has 3 unspecified atom stereocenters. The number of nitrogens with one attached hydrogen (secondary N) is 2. The second-order valence-corrected chi connectivity index (χ2v) is 9.90. The SMILES string of the molecule is CC(C)CC(NC(c1ccc2c(c1)oc1ccc(C(O)C(F)F)cc12)C(F)(F)F)C(=O)NC1(C#N)CC1. The lowest BCUT2D eigenvalue weighted by Gasteiger charge is -2.29. The van der Waals surface area contributed by atoms with Crippen molar-refractivity contribution in [1.29, 1.82) is 5.26 Å². The van der Waals surface area contributed by atoms with Gasteiger partial charge in [-0.25, -0.2) is 8.78 Å². The molecule has 0 radical (unpaired) electrons. The summed E-state index contributed by atoms with van der Waals surface area (Å²) in [7, 11) is 0. The Hall–Kier alpha value is -3.23. The summed E-state index contributed by atoms with van der Waals surface area (Å²) < 4.78 is 74.2. The van der Waals surface area contributed by atoms with Crippen LogP contribution in [0.15, 0.2) is 40.8 Å². The number of nitrogens with zero attached hydrogens (tertiary/aromatic N) is 1. The summed E-state index contributed by atoms with van der Waals surface area (Å²) >= 11 is 0. The lowest BCUT2D eigenvalue weighted by atomic mass is 9.98. The smallest absolute Gasteiger partial charge is 0.407 e. The fourth-order valence-corrected chi connectivity index (χ4v) is 4.34. The average molecular weight is 524 g/mol. The van der Waals surface area contributed by atoms with Gasteiger partial charge in [0.05, 0.1) is 12.1 Å². The zero-order valence-corrected chi connectivity index (χ0v) is 20.1. The number of nitriles is 1. The molecule has 1 heterocycles. The number of halogens is 5. The number of carbonyl (C=O) groups excluding carboxylic acids is 1. The van der Waals surface area contributed by atoms with Crippen molar-refractivity contribution in [2.45, 2.75) is 69.4 Å². The number of aliphatic hydroxyl groups excluding tert-OH is 1. The molecule has 0 saturated heterocycles. The number of rotatable bonds is 9. The lowest BCUT2D eigenvalue weighted by molar-refractivity contribution is -0.161. The van der Waals surface area contributed by atoms with E-state index in [0.717, 1.165) is 0 Å². The average Bonchev–Trinajstić information content (AvgIpc) is 3.50. The Kier molecular flexibility index (Phi) is 7.18. The maximum atomic E-state index is 14.2. The van der Waals surface area contributed by atoms with E-state index in [1.165, 1.54) is 36.4 Å². The molecule has 0 aliphatic heterocycles. The molecule has 4 rings (SSSR count). The first-order valence-corrected chi connectivity index (χ1v) is 11.8. The standard InChI is InChI=1S/C26H26F5N3O3/c1-13(2)9-18(24(36)34-25(12-32)7-8-25)33-22(26(29,30)31)15-3-5-16-17-10-14(21(35)23(27)28)4-6-19(17)37-20(16)11-15/h3-6,10-11,13,18,21-23,33,35H,7-9H2,1-2H3,(H,34,36). The van der Waals surface area contributed by atoms with E-state index in [0.29, 0.717) is 23.6 Å². The van der Waals surface area contributed by atoms with Crippen molar-refractivity contribution >= 4 is 27.8 Å². The van der Waals surface area contributed by atoms with Gasteiger partial charge >= 0.3 is 6.18 Å². The Bertz CT molecular complexity index is 1340. The molecular formula is C26H26F5N3O3. The van der Waals surface area contributed by atoms with Gasteiger partial charge in [-0.2, -0.15) is 18.4 Å². The molecule has 1 amide bonds. The van der Waals surface area contributed by atoms with Gasteiger partial charge in [-0.1, -0.05) is 32.0 Å². The Labute approximate surface area is 209 Å². The van der Waals surface area contributed by atoms with Crippen LogP contribution in [0.3, 0.4) is 0 Å². The Morgan fingerprint density at radius 3 is 2.35 bits per heavy atom. The molecule has 198 valence electrons. The van der Waals surface area contributed by atoms with Gasteiger partial charge in [0.1, 0.15) is 28.9 Å². The molecule has 3 aromatic rings. The van der Waals surface area contributed by atoms with Gasteiger partial charge in [-0.15, -0.1) is 0 Å². The van der Waals surface area contributed by atoms with Crippen LogP contribution >= 0.6 is 0 Å². The van der Waals surface area contributed by atoms with E-state index < -0.39 is 42.2 Å². The molecule has 6 nitrogen and oxygen atoms in total. The molecule has 1 aliphatic rings. The summed E-state index contributed by atoms with van der Waals surface area (Å²) in [6, 6.07) is 6.38. The highest BCUT2D eigenvalue weighted by Gasteiger charge is 2.47. The minimum atomic E-state index is -4.77. The van der Waals surface area contributed by atoms with Gasteiger partial charge in [0.2, 0.25) is 5.91 Å². The maximum Gasteiger partial charge on any atom is 0.407 e. The molecule has 1 aliphatic carbocycles. The summed E-state index contributed by atoms with van der Waals surface area (Å²) in [4.78, 5) is 12.9. The fraction of sp³-hybridized carbons (Fsp3) is 0.462. The van der Waals surface area contributed by atoms with Crippen molar-refractivity contribution < 1.29 is 36.3 Å². The van der Waals surface area contributed by atoms with Crippen molar-refractivity contribution in [2.24, 2.45) is 5.92 Å². The minimum absolute atomic E-state index is 0.0440. The molecule has 11 heteroatoms. The first-order chi connectivity index (χ1) is 17.3. The van der Waals surface area contributed by atoms with Crippen LogP contribution in [-0.4, -0.2) is 35.2 Å². The fourth-order valence-electron chi connectivity index (χ4n) is 4.34. The number of furan rings is 1. The van der Waals surface area contributed by atoms with E-state index in [4.69, 9.17) is 4.42 Å². The molecule has 3 atom stereocenters. The molecular weight excluding hydrogens is 497 g/mol. The van der Waals surface area contributed by atoms with E-state index in [1.54, 1.807) is 13.8 Å². The van der Waals surface area contributed by atoms with Crippen molar-refractivity contribution in [3.05, 3.63) is 47.5 Å². The first kappa shape index (κ1) is 26.8. The van der Waals surface area contributed by atoms with Crippen LogP contribution in [0.2, 0.25) is 0 Å². The number of amides is 1. The third kappa shape index (κ3) is 5.70. The molecule has 1 saturated carbocycles. The highest BCUT2D eigenvalue weighted by Crippen LogP contribution is 2.38. The predicted molar refractivity (Wildman–Crippen MR) is 126 cm³/mol. The zero-order chi connectivity index (χ0) is 27.1. The zero-order valence-electron chi connectivity index (χ0n) is 20.1. The number of hydrogen-bond donors (Lipinski definition) is 3. The summed E-state index contributed by atoms with van der Waals surface area (Å²) in [5.41, 5.74) is -0.908. The van der Waals surface area contributed by atoms with Crippen LogP contribution < -0.4 is 10.6 Å². The third-order valence-electron chi connectivity index (χ3n) is 6.48. The maximum absolute atomic E-state index is 14.2. The van der Waals surface area contributed by atoms with E-state index in [2.05, 4.69) is 10.6 Å². The van der Waals surface area contributed by atoms with E-state index >= 15 is 0 Å². The van der Waals surface area contributed by atoms with Crippen LogP contribution in [0, 0.1) is 17.2 Å². The summed E-state index contributed by atoms with van der Waals surface area (Å²) in [6.07, 6.45) is -8.76. The van der Waals surface area contributed by atoms with Crippen molar-refractivity contribution in [3.8, 4) is 6.07 Å². The largest absolute Gasteiger partial charge is 0.456 e. The number of benzene rings is 2. The summed E-state index contributed by atoms with van der Waals surface area (Å²) in [5, 5.41) is 24.7. The van der Waals surface area contributed by atoms with Crippen LogP contribution in [0.4, 0.5) is 22.0 Å². The van der Waals surface area contributed by atoms with E-state index in [9.17, 15) is 37.1 Å². The predicted octanol–water partition coefficient (Wildman–Crippen LogP) is 5.66. The normalized spacial score (nSPS) is 17.6. The van der Waals surface area contributed by atoms with Gasteiger partial charge in [0, 0.05) is 10.8 Å². The highest BCUT2D eigenvalue weighted by atomic mass is 19.4. The van der Waals surface area contributed by atoms with Crippen LogP contribution in [0.1, 0.15) is 56.4 Å². The molecule has 0 bridgehead atoms.